The standard InChI is InChI=1S/C20H16BN3O3S2/c21-14-6-5-13(18(25)11-14)12-22-15-7-9-16(10-8-15)29(26,27)24-20-23-17-3-1-2-4-19(17)28-20/h1-11,22,25H,12H2,(H,23,24). The van der Waals surface area contributed by atoms with Crippen LogP contribution in [0.4, 0.5) is 10.8 Å². The number of hydrogen-bond acceptors (Lipinski definition) is 6. The number of sulfonamides is 1. The van der Waals surface area contributed by atoms with Crippen molar-refractivity contribution in [3.8, 4) is 5.75 Å². The first-order valence-corrected chi connectivity index (χ1v) is 11.0. The second-order valence-corrected chi connectivity index (χ2v) is 9.07. The molecule has 144 valence electrons. The minimum Gasteiger partial charge on any atom is -0.508 e. The average Bonchev–Trinajstić information content (AvgIpc) is 3.09. The van der Waals surface area contributed by atoms with E-state index < -0.39 is 10.0 Å². The molecule has 0 bridgehead atoms. The number of fused-ring (bicyclic) bond motifs is 1. The van der Waals surface area contributed by atoms with Gasteiger partial charge in [-0.1, -0.05) is 41.1 Å². The molecule has 9 heteroatoms. The number of phenolic OH excluding ortho intramolecular Hbond substituents is 1. The van der Waals surface area contributed by atoms with Gasteiger partial charge in [-0.15, -0.1) is 0 Å². The molecule has 0 fully saturated rings. The molecule has 0 saturated carbocycles. The number of nitrogens with one attached hydrogen (secondary N) is 2. The van der Waals surface area contributed by atoms with E-state index in [0.717, 1.165) is 15.9 Å². The Bertz CT molecular complexity index is 1240. The second-order valence-electron chi connectivity index (χ2n) is 6.36. The number of rotatable bonds is 6. The van der Waals surface area contributed by atoms with Gasteiger partial charge in [-0.3, -0.25) is 4.72 Å². The summed E-state index contributed by atoms with van der Waals surface area (Å²) in [6, 6.07) is 18.8. The van der Waals surface area contributed by atoms with E-state index in [1.165, 1.54) is 29.5 Å². The van der Waals surface area contributed by atoms with Crippen molar-refractivity contribution in [3.63, 3.8) is 0 Å². The van der Waals surface area contributed by atoms with Crippen molar-refractivity contribution in [2.24, 2.45) is 0 Å². The Morgan fingerprint density at radius 1 is 1.03 bits per heavy atom. The summed E-state index contributed by atoms with van der Waals surface area (Å²) < 4.78 is 28.7. The van der Waals surface area contributed by atoms with Crippen molar-refractivity contribution in [2.75, 3.05) is 10.0 Å². The summed E-state index contributed by atoms with van der Waals surface area (Å²) in [5, 5.41) is 13.4. The zero-order chi connectivity index (χ0) is 20.4. The SMILES string of the molecule is [B]c1ccc(CNc2ccc(S(=O)(=O)Nc3nc4ccccc4s3)cc2)c(O)c1. The van der Waals surface area contributed by atoms with Gasteiger partial charge in [0.05, 0.1) is 15.1 Å². The van der Waals surface area contributed by atoms with Crippen molar-refractivity contribution in [3.05, 3.63) is 72.3 Å². The zero-order valence-electron chi connectivity index (χ0n) is 15.2. The molecule has 0 amide bonds. The molecule has 2 radical (unpaired) electrons. The van der Waals surface area contributed by atoms with Gasteiger partial charge in [0.2, 0.25) is 0 Å². The lowest BCUT2D eigenvalue weighted by molar-refractivity contribution is 0.469. The molecule has 0 unspecified atom stereocenters. The van der Waals surface area contributed by atoms with Crippen LogP contribution in [0.5, 0.6) is 5.75 Å². The van der Waals surface area contributed by atoms with Crippen LogP contribution in [0.25, 0.3) is 10.2 Å². The van der Waals surface area contributed by atoms with Crippen molar-refractivity contribution >= 4 is 55.7 Å². The van der Waals surface area contributed by atoms with Crippen LogP contribution >= 0.6 is 11.3 Å². The highest BCUT2D eigenvalue weighted by molar-refractivity contribution is 7.93. The lowest BCUT2D eigenvalue weighted by Crippen LogP contribution is -2.12. The molecule has 0 atom stereocenters. The quantitative estimate of drug-likeness (QED) is 0.416. The molecule has 1 aromatic heterocycles. The van der Waals surface area contributed by atoms with Crippen LogP contribution in [0.2, 0.25) is 0 Å². The lowest BCUT2D eigenvalue weighted by atomic mass is 9.94. The minimum atomic E-state index is -3.74. The number of hydrogen-bond donors (Lipinski definition) is 3. The van der Waals surface area contributed by atoms with E-state index in [9.17, 15) is 13.5 Å². The number of phenols is 1. The Hall–Kier alpha value is -3.04. The van der Waals surface area contributed by atoms with Gasteiger partial charge in [0, 0.05) is 17.8 Å². The third-order valence-corrected chi connectivity index (χ3v) is 6.71. The summed E-state index contributed by atoms with van der Waals surface area (Å²) in [6.45, 7) is 0.377. The van der Waals surface area contributed by atoms with Gasteiger partial charge >= 0.3 is 0 Å². The van der Waals surface area contributed by atoms with Crippen LogP contribution in [0.15, 0.2) is 71.6 Å². The third kappa shape index (κ3) is 4.36. The van der Waals surface area contributed by atoms with Crippen LogP contribution in [0, 0.1) is 0 Å². The van der Waals surface area contributed by atoms with E-state index >= 15 is 0 Å². The molecule has 4 rings (SSSR count). The molecule has 3 aromatic carbocycles. The minimum absolute atomic E-state index is 0.108. The summed E-state index contributed by atoms with van der Waals surface area (Å²) in [6.07, 6.45) is 0. The van der Waals surface area contributed by atoms with Gasteiger partial charge in [-0.25, -0.2) is 13.4 Å². The molecule has 6 nitrogen and oxygen atoms in total. The predicted molar refractivity (Wildman–Crippen MR) is 118 cm³/mol. The normalized spacial score (nSPS) is 11.4. The van der Waals surface area contributed by atoms with Gasteiger partial charge in [-0.2, -0.15) is 0 Å². The van der Waals surface area contributed by atoms with Crippen molar-refractivity contribution in [1.82, 2.24) is 4.98 Å². The Labute approximate surface area is 173 Å². The maximum absolute atomic E-state index is 12.6. The molecule has 3 N–H and O–H groups in total. The van der Waals surface area contributed by atoms with Crippen molar-refractivity contribution in [2.45, 2.75) is 11.4 Å². The van der Waals surface area contributed by atoms with Gasteiger partial charge in [-0.05, 0) is 42.5 Å². The van der Waals surface area contributed by atoms with E-state index in [-0.39, 0.29) is 10.6 Å². The van der Waals surface area contributed by atoms with Crippen molar-refractivity contribution < 1.29 is 13.5 Å². The highest BCUT2D eigenvalue weighted by Crippen LogP contribution is 2.27. The molecule has 0 spiro atoms. The number of thiazole rings is 1. The first-order chi connectivity index (χ1) is 13.9. The van der Waals surface area contributed by atoms with E-state index in [1.807, 2.05) is 24.3 Å². The van der Waals surface area contributed by atoms with E-state index in [4.69, 9.17) is 7.85 Å². The smallest absolute Gasteiger partial charge is 0.263 e. The number of para-hydroxylation sites is 1. The maximum Gasteiger partial charge on any atom is 0.263 e. The largest absolute Gasteiger partial charge is 0.508 e. The highest BCUT2D eigenvalue weighted by Gasteiger charge is 2.16. The fourth-order valence-corrected chi connectivity index (χ4v) is 4.87. The molecule has 1 heterocycles. The fraction of sp³-hybridized carbons (Fsp3) is 0.0500. The molecular weight excluding hydrogens is 405 g/mol. The number of benzene rings is 3. The van der Waals surface area contributed by atoms with Gasteiger partial charge in [0.1, 0.15) is 13.6 Å². The van der Waals surface area contributed by atoms with Crippen LogP contribution in [0.3, 0.4) is 0 Å². The van der Waals surface area contributed by atoms with Crippen LogP contribution in [-0.4, -0.2) is 26.4 Å². The Kier molecular flexibility index (Phi) is 5.17. The molecule has 0 aliphatic heterocycles. The first-order valence-electron chi connectivity index (χ1n) is 8.70. The zero-order valence-corrected chi connectivity index (χ0v) is 16.8. The average molecular weight is 421 g/mol. The second kappa shape index (κ2) is 7.77. The summed E-state index contributed by atoms with van der Waals surface area (Å²) in [7, 11) is 1.88. The molecule has 0 saturated heterocycles. The highest BCUT2D eigenvalue weighted by atomic mass is 32.2. The summed E-state index contributed by atoms with van der Waals surface area (Å²) in [4.78, 5) is 4.44. The number of anilines is 2. The summed E-state index contributed by atoms with van der Waals surface area (Å²) in [5.41, 5.74) is 2.65. The molecule has 4 aromatic rings. The molecular formula is C20H16BN3O3S2. The monoisotopic (exact) mass is 421 g/mol. The van der Waals surface area contributed by atoms with Gasteiger partial charge < -0.3 is 10.4 Å². The number of aromatic hydroxyl groups is 1. The van der Waals surface area contributed by atoms with Crippen LogP contribution < -0.4 is 15.5 Å². The number of nitrogens with zero attached hydrogens (tertiary/aromatic N) is 1. The predicted octanol–water partition coefficient (Wildman–Crippen LogP) is 3.21. The Balaban J connectivity index is 1.46. The molecule has 0 aliphatic rings. The lowest BCUT2D eigenvalue weighted by Gasteiger charge is -2.10. The molecule has 29 heavy (non-hydrogen) atoms. The molecule has 0 aliphatic carbocycles. The Morgan fingerprint density at radius 2 is 1.79 bits per heavy atom. The van der Waals surface area contributed by atoms with E-state index in [2.05, 4.69) is 15.0 Å². The first kappa shape index (κ1) is 19.3. The summed E-state index contributed by atoms with van der Waals surface area (Å²) >= 11 is 1.28. The topological polar surface area (TPSA) is 91.3 Å². The van der Waals surface area contributed by atoms with Crippen LogP contribution in [-0.2, 0) is 16.6 Å². The van der Waals surface area contributed by atoms with Gasteiger partial charge in [0.15, 0.2) is 5.13 Å². The van der Waals surface area contributed by atoms with Gasteiger partial charge in [0.25, 0.3) is 10.0 Å². The maximum atomic E-state index is 12.6. The fourth-order valence-electron chi connectivity index (χ4n) is 2.77. The van der Waals surface area contributed by atoms with E-state index in [0.29, 0.717) is 22.7 Å². The van der Waals surface area contributed by atoms with E-state index in [1.54, 1.807) is 24.3 Å². The van der Waals surface area contributed by atoms with Crippen LogP contribution in [0.1, 0.15) is 5.56 Å². The van der Waals surface area contributed by atoms with Crippen molar-refractivity contribution in [1.29, 1.82) is 0 Å². The third-order valence-electron chi connectivity index (χ3n) is 4.27. The number of aromatic nitrogens is 1. The Morgan fingerprint density at radius 3 is 2.52 bits per heavy atom. The summed E-state index contributed by atoms with van der Waals surface area (Å²) in [5.74, 6) is 0.108.